The third kappa shape index (κ3) is 5.68. The topological polar surface area (TPSA) is 32.3 Å². The molecule has 1 amide bonds. The maximum atomic E-state index is 12.7. The lowest BCUT2D eigenvalue weighted by molar-refractivity contribution is 0.0780. The average Bonchev–Trinajstić information content (AvgIpc) is 2.61. The Balaban J connectivity index is 2.25. The van der Waals surface area contributed by atoms with Crippen molar-refractivity contribution in [1.82, 2.24) is 10.4 Å². The monoisotopic (exact) mass is 422 g/mol. The molecule has 0 saturated heterocycles. The molecule has 0 aromatic heterocycles. The molecule has 1 N–H and O–H groups in total. The Kier molecular flexibility index (Phi) is 7.26. The van der Waals surface area contributed by atoms with Gasteiger partial charge in [-0.1, -0.05) is 73.0 Å². The SMILES string of the molecule is CCCc1ccc(C(=S)N(NC(=O)c2ccc(Cl)c(Cl)c2)C(C)(C)C)cc1. The van der Waals surface area contributed by atoms with Crippen LogP contribution < -0.4 is 5.43 Å². The van der Waals surface area contributed by atoms with Crippen LogP contribution in [0.15, 0.2) is 42.5 Å². The zero-order valence-corrected chi connectivity index (χ0v) is 18.3. The van der Waals surface area contributed by atoms with Gasteiger partial charge in [0.25, 0.3) is 5.91 Å². The average molecular weight is 423 g/mol. The summed E-state index contributed by atoms with van der Waals surface area (Å²) in [6.07, 6.45) is 2.13. The van der Waals surface area contributed by atoms with E-state index in [4.69, 9.17) is 35.4 Å². The van der Waals surface area contributed by atoms with Crippen molar-refractivity contribution in [3.05, 3.63) is 69.2 Å². The normalized spacial score (nSPS) is 11.2. The highest BCUT2D eigenvalue weighted by Gasteiger charge is 2.27. The Morgan fingerprint density at radius 1 is 1.04 bits per heavy atom. The highest BCUT2D eigenvalue weighted by Crippen LogP contribution is 2.23. The number of hydrazine groups is 1. The number of thiocarbonyl (C=S) groups is 1. The molecular formula is C21H24Cl2N2OS. The van der Waals surface area contributed by atoms with Gasteiger partial charge < -0.3 is 0 Å². The van der Waals surface area contributed by atoms with Gasteiger partial charge in [-0.3, -0.25) is 15.2 Å². The number of benzene rings is 2. The summed E-state index contributed by atoms with van der Waals surface area (Å²) >= 11 is 17.6. The van der Waals surface area contributed by atoms with Crippen LogP contribution in [-0.2, 0) is 6.42 Å². The lowest BCUT2D eigenvalue weighted by Crippen LogP contribution is -2.55. The van der Waals surface area contributed by atoms with Crippen molar-refractivity contribution in [3.8, 4) is 0 Å². The maximum Gasteiger partial charge on any atom is 0.269 e. The zero-order valence-electron chi connectivity index (χ0n) is 16.0. The van der Waals surface area contributed by atoms with E-state index in [9.17, 15) is 4.79 Å². The van der Waals surface area contributed by atoms with Crippen LogP contribution in [0.2, 0.25) is 10.0 Å². The number of amides is 1. The first-order valence-electron chi connectivity index (χ1n) is 8.83. The molecule has 0 aliphatic rings. The molecule has 3 nitrogen and oxygen atoms in total. The Morgan fingerprint density at radius 2 is 1.63 bits per heavy atom. The fourth-order valence-electron chi connectivity index (χ4n) is 2.56. The second-order valence-electron chi connectivity index (χ2n) is 7.33. The van der Waals surface area contributed by atoms with Gasteiger partial charge in [-0.2, -0.15) is 0 Å². The van der Waals surface area contributed by atoms with Gasteiger partial charge in [-0.15, -0.1) is 0 Å². The van der Waals surface area contributed by atoms with E-state index < -0.39 is 5.54 Å². The van der Waals surface area contributed by atoms with E-state index in [1.165, 1.54) is 5.56 Å². The quantitative estimate of drug-likeness (QED) is 0.479. The van der Waals surface area contributed by atoms with Crippen LogP contribution >= 0.6 is 35.4 Å². The minimum atomic E-state index is -0.412. The Labute approximate surface area is 176 Å². The first-order chi connectivity index (χ1) is 12.6. The van der Waals surface area contributed by atoms with Gasteiger partial charge in [-0.05, 0) is 51.0 Å². The lowest BCUT2D eigenvalue weighted by Gasteiger charge is -2.37. The van der Waals surface area contributed by atoms with Gasteiger partial charge in [-0.25, -0.2) is 0 Å². The molecule has 0 unspecified atom stereocenters. The first kappa shape index (κ1) is 21.7. The first-order valence-corrected chi connectivity index (χ1v) is 9.99. The number of nitrogens with one attached hydrogen (secondary N) is 1. The summed E-state index contributed by atoms with van der Waals surface area (Å²) in [5.41, 5.74) is 5.07. The molecule has 0 saturated carbocycles. The molecule has 2 aromatic rings. The largest absolute Gasteiger partial charge is 0.269 e. The van der Waals surface area contributed by atoms with Crippen molar-refractivity contribution in [1.29, 1.82) is 0 Å². The van der Waals surface area contributed by atoms with Crippen molar-refractivity contribution >= 4 is 46.3 Å². The van der Waals surface area contributed by atoms with E-state index in [-0.39, 0.29) is 5.91 Å². The molecular weight excluding hydrogens is 399 g/mol. The summed E-state index contributed by atoms with van der Waals surface area (Å²) in [4.78, 5) is 13.3. The lowest BCUT2D eigenvalue weighted by atomic mass is 10.0. The molecule has 0 atom stereocenters. The van der Waals surface area contributed by atoms with Gasteiger partial charge in [0.15, 0.2) is 0 Å². The fraction of sp³-hybridized carbons (Fsp3) is 0.333. The predicted molar refractivity (Wildman–Crippen MR) is 118 cm³/mol. The number of carbonyl (C=O) groups excluding carboxylic acids is 1. The van der Waals surface area contributed by atoms with E-state index in [0.29, 0.717) is 20.6 Å². The van der Waals surface area contributed by atoms with Gasteiger partial charge in [0.05, 0.1) is 15.6 Å². The van der Waals surface area contributed by atoms with Crippen LogP contribution in [0, 0.1) is 0 Å². The summed E-state index contributed by atoms with van der Waals surface area (Å²) in [5, 5.41) is 2.45. The molecule has 27 heavy (non-hydrogen) atoms. The van der Waals surface area contributed by atoms with Crippen LogP contribution in [0.3, 0.4) is 0 Å². The highest BCUT2D eigenvalue weighted by molar-refractivity contribution is 7.80. The second kappa shape index (κ2) is 9.05. The molecule has 2 rings (SSSR count). The highest BCUT2D eigenvalue weighted by atomic mass is 35.5. The molecule has 2 aromatic carbocycles. The molecule has 0 aliphatic carbocycles. The third-order valence-electron chi connectivity index (χ3n) is 4.01. The number of aryl methyl sites for hydroxylation is 1. The molecule has 0 aliphatic heterocycles. The second-order valence-corrected chi connectivity index (χ2v) is 8.53. The summed E-state index contributed by atoms with van der Waals surface area (Å²) in [6, 6.07) is 12.9. The van der Waals surface area contributed by atoms with Gasteiger partial charge in [0.2, 0.25) is 0 Å². The number of hydrogen-bond donors (Lipinski definition) is 1. The Hall–Kier alpha value is -1.62. The standard InChI is InChI=1S/C21H24Cl2N2OS/c1-5-6-14-7-9-15(10-8-14)20(27)25(21(2,3)4)24-19(26)16-11-12-17(22)18(23)13-16/h7-13H,5-6H2,1-4H3,(H,24,26). The van der Waals surface area contributed by atoms with Crippen LogP contribution in [0.5, 0.6) is 0 Å². The van der Waals surface area contributed by atoms with Crippen LogP contribution in [0.25, 0.3) is 0 Å². The molecule has 0 spiro atoms. The summed E-state index contributed by atoms with van der Waals surface area (Å²) in [6.45, 7) is 8.11. The van der Waals surface area contributed by atoms with Crippen LogP contribution in [0.4, 0.5) is 0 Å². The zero-order chi connectivity index (χ0) is 20.2. The summed E-state index contributed by atoms with van der Waals surface area (Å²) in [5.74, 6) is -0.298. The van der Waals surface area contributed by atoms with Gasteiger partial charge in [0, 0.05) is 11.1 Å². The minimum absolute atomic E-state index is 0.298. The van der Waals surface area contributed by atoms with Crippen molar-refractivity contribution in [2.45, 2.75) is 46.1 Å². The molecule has 0 bridgehead atoms. The van der Waals surface area contributed by atoms with Crippen LogP contribution in [-0.4, -0.2) is 21.4 Å². The predicted octanol–water partition coefficient (Wildman–Crippen LogP) is 6.07. The molecule has 0 radical (unpaired) electrons. The van der Waals surface area contributed by atoms with Crippen molar-refractivity contribution in [2.75, 3.05) is 0 Å². The Morgan fingerprint density at radius 3 is 2.15 bits per heavy atom. The minimum Gasteiger partial charge on any atom is -0.269 e. The summed E-state index contributed by atoms with van der Waals surface area (Å²) < 4.78 is 0. The molecule has 0 fully saturated rings. The van der Waals surface area contributed by atoms with E-state index in [0.717, 1.165) is 18.4 Å². The van der Waals surface area contributed by atoms with E-state index >= 15 is 0 Å². The van der Waals surface area contributed by atoms with Crippen LogP contribution in [0.1, 0.15) is 55.6 Å². The molecule has 0 heterocycles. The fourth-order valence-corrected chi connectivity index (χ4v) is 3.31. The number of halogens is 2. The number of hydrogen-bond acceptors (Lipinski definition) is 2. The van der Waals surface area contributed by atoms with E-state index in [1.807, 2.05) is 32.9 Å². The van der Waals surface area contributed by atoms with Gasteiger partial charge in [0.1, 0.15) is 4.99 Å². The summed E-state index contributed by atoms with van der Waals surface area (Å²) in [7, 11) is 0. The number of carbonyl (C=O) groups is 1. The smallest absolute Gasteiger partial charge is 0.269 e. The van der Waals surface area contributed by atoms with E-state index in [1.54, 1.807) is 23.2 Å². The van der Waals surface area contributed by atoms with Crippen molar-refractivity contribution < 1.29 is 4.79 Å². The maximum absolute atomic E-state index is 12.7. The van der Waals surface area contributed by atoms with Crippen molar-refractivity contribution in [2.24, 2.45) is 0 Å². The Bertz CT molecular complexity index is 829. The third-order valence-corrected chi connectivity index (χ3v) is 5.17. The number of rotatable bonds is 4. The molecule has 6 heteroatoms. The van der Waals surface area contributed by atoms with Crippen molar-refractivity contribution in [3.63, 3.8) is 0 Å². The molecule has 144 valence electrons. The number of nitrogens with zero attached hydrogens (tertiary/aromatic N) is 1. The van der Waals surface area contributed by atoms with Gasteiger partial charge >= 0.3 is 0 Å². The van der Waals surface area contributed by atoms with E-state index in [2.05, 4.69) is 24.5 Å².